The van der Waals surface area contributed by atoms with E-state index < -0.39 is 5.97 Å². The van der Waals surface area contributed by atoms with E-state index in [2.05, 4.69) is 4.98 Å². The van der Waals surface area contributed by atoms with Crippen molar-refractivity contribution in [2.75, 3.05) is 6.61 Å². The second-order valence-electron chi connectivity index (χ2n) is 3.14. The van der Waals surface area contributed by atoms with Crippen molar-refractivity contribution in [3.63, 3.8) is 0 Å². The number of nitrogens with zero attached hydrogens (tertiary/aromatic N) is 2. The van der Waals surface area contributed by atoms with E-state index >= 15 is 0 Å². The lowest BCUT2D eigenvalue weighted by Crippen LogP contribution is -2.01. The van der Waals surface area contributed by atoms with Crippen molar-refractivity contribution in [2.45, 2.75) is 6.54 Å². The molecular formula is C10H10N2O3. The number of carbonyl (C=O) groups is 1. The number of rotatable bonds is 3. The number of aromatic carboxylic acids is 1. The first-order valence-corrected chi connectivity index (χ1v) is 4.52. The number of hydrogen-bond acceptors (Lipinski definition) is 3. The zero-order valence-corrected chi connectivity index (χ0v) is 7.92. The lowest BCUT2D eigenvalue weighted by molar-refractivity contribution is 0.0699. The second kappa shape index (κ2) is 3.70. The topological polar surface area (TPSA) is 75.3 Å². The molecule has 0 fully saturated rings. The van der Waals surface area contributed by atoms with Crippen molar-refractivity contribution in [3.8, 4) is 0 Å². The maximum atomic E-state index is 10.9. The molecule has 1 heterocycles. The molecule has 0 radical (unpaired) electrons. The summed E-state index contributed by atoms with van der Waals surface area (Å²) < 4.78 is 1.72. The van der Waals surface area contributed by atoms with Crippen LogP contribution in [0.3, 0.4) is 0 Å². The molecule has 0 saturated heterocycles. The first-order valence-electron chi connectivity index (χ1n) is 4.52. The molecule has 78 valence electrons. The van der Waals surface area contributed by atoms with Gasteiger partial charge >= 0.3 is 5.97 Å². The van der Waals surface area contributed by atoms with Gasteiger partial charge in [-0.1, -0.05) is 6.07 Å². The highest BCUT2D eigenvalue weighted by molar-refractivity contribution is 6.00. The van der Waals surface area contributed by atoms with Crippen LogP contribution < -0.4 is 0 Å². The lowest BCUT2D eigenvalue weighted by atomic mass is 10.2. The summed E-state index contributed by atoms with van der Waals surface area (Å²) in [6.07, 6.45) is 1.54. The summed E-state index contributed by atoms with van der Waals surface area (Å²) in [6.45, 7) is 0.419. The van der Waals surface area contributed by atoms with E-state index in [0.29, 0.717) is 12.1 Å². The van der Waals surface area contributed by atoms with Crippen molar-refractivity contribution >= 4 is 17.0 Å². The molecule has 0 bridgehead atoms. The molecule has 5 nitrogen and oxygen atoms in total. The van der Waals surface area contributed by atoms with Crippen LogP contribution in [0.4, 0.5) is 0 Å². The smallest absolute Gasteiger partial charge is 0.337 e. The van der Waals surface area contributed by atoms with Crippen LogP contribution in [-0.4, -0.2) is 32.3 Å². The van der Waals surface area contributed by atoms with E-state index in [1.165, 1.54) is 12.4 Å². The summed E-state index contributed by atoms with van der Waals surface area (Å²) in [5, 5.41) is 17.7. The van der Waals surface area contributed by atoms with Crippen molar-refractivity contribution in [2.24, 2.45) is 0 Å². The normalized spacial score (nSPS) is 10.7. The molecule has 0 aliphatic carbocycles. The Kier molecular flexibility index (Phi) is 2.39. The van der Waals surface area contributed by atoms with Crippen molar-refractivity contribution in [1.29, 1.82) is 0 Å². The highest BCUT2D eigenvalue weighted by Gasteiger charge is 2.11. The third-order valence-electron chi connectivity index (χ3n) is 2.22. The average Bonchev–Trinajstić information content (AvgIpc) is 2.62. The maximum absolute atomic E-state index is 10.9. The standard InChI is InChI=1S/C10H10N2O3/c13-5-4-12-6-11-9-7(10(14)15)2-1-3-8(9)12/h1-3,6,13H,4-5H2,(H,14,15). The molecular weight excluding hydrogens is 196 g/mol. The van der Waals surface area contributed by atoms with Gasteiger partial charge in [0.15, 0.2) is 0 Å². The van der Waals surface area contributed by atoms with Gasteiger partial charge < -0.3 is 14.8 Å². The zero-order valence-electron chi connectivity index (χ0n) is 7.92. The quantitative estimate of drug-likeness (QED) is 0.776. The third kappa shape index (κ3) is 1.57. The van der Waals surface area contributed by atoms with E-state index in [1.807, 2.05) is 0 Å². The Balaban J connectivity index is 2.63. The molecule has 1 aromatic carbocycles. The lowest BCUT2D eigenvalue weighted by Gasteiger charge is -2.01. The Hall–Kier alpha value is -1.88. The minimum atomic E-state index is -0.991. The molecule has 0 saturated carbocycles. The van der Waals surface area contributed by atoms with Crippen LogP contribution in [0.5, 0.6) is 0 Å². The average molecular weight is 206 g/mol. The van der Waals surface area contributed by atoms with Gasteiger partial charge in [0.25, 0.3) is 0 Å². The van der Waals surface area contributed by atoms with Gasteiger partial charge in [-0.15, -0.1) is 0 Å². The van der Waals surface area contributed by atoms with Crippen LogP contribution in [0.1, 0.15) is 10.4 Å². The van der Waals surface area contributed by atoms with Gasteiger partial charge in [-0.2, -0.15) is 0 Å². The molecule has 1 aromatic heterocycles. The number of aromatic nitrogens is 2. The van der Waals surface area contributed by atoms with E-state index in [4.69, 9.17) is 10.2 Å². The first-order chi connectivity index (χ1) is 7.24. The summed E-state index contributed by atoms with van der Waals surface area (Å²) in [7, 11) is 0. The number of carboxylic acid groups (broad SMARTS) is 1. The summed E-state index contributed by atoms with van der Waals surface area (Å²) in [4.78, 5) is 14.9. The van der Waals surface area contributed by atoms with Gasteiger partial charge in [-0.3, -0.25) is 0 Å². The largest absolute Gasteiger partial charge is 0.478 e. The van der Waals surface area contributed by atoms with Gasteiger partial charge in [-0.05, 0) is 12.1 Å². The van der Waals surface area contributed by atoms with E-state index in [-0.39, 0.29) is 12.2 Å². The highest BCUT2D eigenvalue weighted by atomic mass is 16.4. The number of hydrogen-bond donors (Lipinski definition) is 2. The van der Waals surface area contributed by atoms with Gasteiger partial charge in [0.05, 0.1) is 24.0 Å². The number of para-hydroxylation sites is 1. The highest BCUT2D eigenvalue weighted by Crippen LogP contribution is 2.17. The van der Waals surface area contributed by atoms with Crippen LogP contribution >= 0.6 is 0 Å². The van der Waals surface area contributed by atoms with Crippen molar-refractivity contribution in [3.05, 3.63) is 30.1 Å². The molecule has 15 heavy (non-hydrogen) atoms. The fourth-order valence-electron chi connectivity index (χ4n) is 1.55. The van der Waals surface area contributed by atoms with E-state index in [0.717, 1.165) is 5.52 Å². The molecule has 0 aliphatic rings. The van der Waals surface area contributed by atoms with Crippen LogP contribution in [0.15, 0.2) is 24.5 Å². The summed E-state index contributed by atoms with van der Waals surface area (Å²) in [5.41, 5.74) is 1.37. The Bertz CT molecular complexity index is 504. The molecule has 0 amide bonds. The van der Waals surface area contributed by atoms with Crippen LogP contribution in [0.2, 0.25) is 0 Å². The number of fused-ring (bicyclic) bond motifs is 1. The Labute approximate surface area is 85.6 Å². The van der Waals surface area contributed by atoms with E-state index in [9.17, 15) is 4.79 Å². The fraction of sp³-hybridized carbons (Fsp3) is 0.200. The predicted octanol–water partition coefficient (Wildman–Crippen LogP) is 0.727. The minimum Gasteiger partial charge on any atom is -0.478 e. The van der Waals surface area contributed by atoms with Crippen LogP contribution in [-0.2, 0) is 6.54 Å². The van der Waals surface area contributed by atoms with Gasteiger partial charge in [-0.25, -0.2) is 9.78 Å². The number of aliphatic hydroxyl groups excluding tert-OH is 1. The number of imidazole rings is 1. The molecule has 2 rings (SSSR count). The SMILES string of the molecule is O=C(O)c1cccc2c1ncn2CCO. The molecule has 0 unspecified atom stereocenters. The van der Waals surface area contributed by atoms with Gasteiger partial charge in [0.2, 0.25) is 0 Å². The third-order valence-corrected chi connectivity index (χ3v) is 2.22. The number of benzene rings is 1. The van der Waals surface area contributed by atoms with Gasteiger partial charge in [0.1, 0.15) is 5.52 Å². The molecule has 5 heteroatoms. The van der Waals surface area contributed by atoms with Crippen LogP contribution in [0, 0.1) is 0 Å². The monoisotopic (exact) mass is 206 g/mol. The van der Waals surface area contributed by atoms with Crippen molar-refractivity contribution in [1.82, 2.24) is 9.55 Å². The molecule has 2 aromatic rings. The number of aliphatic hydroxyl groups is 1. The summed E-state index contributed by atoms with van der Waals surface area (Å²) in [6, 6.07) is 4.97. The van der Waals surface area contributed by atoms with E-state index in [1.54, 1.807) is 16.7 Å². The Morgan fingerprint density at radius 3 is 2.93 bits per heavy atom. The second-order valence-corrected chi connectivity index (χ2v) is 3.14. The van der Waals surface area contributed by atoms with Crippen molar-refractivity contribution < 1.29 is 15.0 Å². The zero-order chi connectivity index (χ0) is 10.8. The first kappa shape index (κ1) is 9.67. The summed E-state index contributed by atoms with van der Waals surface area (Å²) in [5.74, 6) is -0.991. The molecule has 0 atom stereocenters. The maximum Gasteiger partial charge on any atom is 0.337 e. The molecule has 0 aliphatic heterocycles. The van der Waals surface area contributed by atoms with Gasteiger partial charge in [0, 0.05) is 6.54 Å². The predicted molar refractivity (Wildman–Crippen MR) is 53.8 cm³/mol. The molecule has 2 N–H and O–H groups in total. The minimum absolute atomic E-state index is 0.00274. The molecule has 0 spiro atoms. The Morgan fingerprint density at radius 2 is 2.27 bits per heavy atom. The Morgan fingerprint density at radius 1 is 1.47 bits per heavy atom. The number of carboxylic acids is 1. The summed E-state index contributed by atoms with van der Waals surface area (Å²) >= 11 is 0. The van der Waals surface area contributed by atoms with Crippen LogP contribution in [0.25, 0.3) is 11.0 Å². The fourth-order valence-corrected chi connectivity index (χ4v) is 1.55.